The van der Waals surface area contributed by atoms with Crippen LogP contribution >= 0.6 is 0 Å². The highest BCUT2D eigenvalue weighted by Gasteiger charge is 2.03. The quantitative estimate of drug-likeness (QED) is 0.699. The molecule has 0 aliphatic heterocycles. The monoisotopic (exact) mass is 247 g/mol. The summed E-state index contributed by atoms with van der Waals surface area (Å²) < 4.78 is 4.58. The Morgan fingerprint density at radius 3 is 3.06 bits per heavy atom. The molecule has 0 radical (unpaired) electrons. The van der Waals surface area contributed by atoms with Gasteiger partial charge in [0.1, 0.15) is 0 Å². The van der Waals surface area contributed by atoms with Gasteiger partial charge in [0.05, 0.1) is 0 Å². The number of amides is 2. The zero-order valence-corrected chi connectivity index (χ0v) is 9.59. The molecule has 2 aromatic rings. The number of carbonyl (C=O) groups excluding carboxylic acids is 1. The molecular weight excluding hydrogens is 234 g/mol. The first-order chi connectivity index (χ1) is 8.74. The zero-order chi connectivity index (χ0) is 12.8. The van der Waals surface area contributed by atoms with Crippen LogP contribution in [0.2, 0.25) is 0 Å². The Hall–Kier alpha value is -2.57. The summed E-state index contributed by atoms with van der Waals surface area (Å²) in [5.74, 6) is 0.555. The number of nitrogens with two attached hydrogens (primary N) is 1. The predicted octanol–water partition coefficient (Wildman–Crippen LogP) is 1.02. The Bertz CT molecular complexity index is 512. The third kappa shape index (κ3) is 3.48. The highest BCUT2D eigenvalue weighted by Crippen LogP contribution is 2.11. The SMILES string of the molecule is Nc1cccc(NC(=O)NCCc2ncon2)c1. The van der Waals surface area contributed by atoms with Crippen LogP contribution in [0, 0.1) is 0 Å². The second kappa shape index (κ2) is 5.67. The number of hydrogen-bond donors (Lipinski definition) is 3. The van der Waals surface area contributed by atoms with Gasteiger partial charge >= 0.3 is 6.03 Å². The normalized spacial score (nSPS) is 10.0. The van der Waals surface area contributed by atoms with E-state index >= 15 is 0 Å². The lowest BCUT2D eigenvalue weighted by Crippen LogP contribution is -2.30. The lowest BCUT2D eigenvalue weighted by Gasteiger charge is -2.06. The maximum atomic E-state index is 11.5. The molecule has 4 N–H and O–H groups in total. The summed E-state index contributed by atoms with van der Waals surface area (Å²) in [5.41, 5.74) is 6.84. The summed E-state index contributed by atoms with van der Waals surface area (Å²) in [6.45, 7) is 0.424. The molecule has 1 heterocycles. The highest BCUT2D eigenvalue weighted by atomic mass is 16.5. The minimum Gasteiger partial charge on any atom is -0.399 e. The van der Waals surface area contributed by atoms with Gasteiger partial charge in [-0.05, 0) is 18.2 Å². The molecule has 0 spiro atoms. The lowest BCUT2D eigenvalue weighted by atomic mass is 10.3. The van der Waals surface area contributed by atoms with Gasteiger partial charge in [0.15, 0.2) is 5.82 Å². The number of benzene rings is 1. The van der Waals surface area contributed by atoms with E-state index in [0.29, 0.717) is 30.2 Å². The molecular formula is C11H13N5O2. The fourth-order valence-electron chi connectivity index (χ4n) is 1.38. The minimum absolute atomic E-state index is 0.302. The number of anilines is 2. The Kier molecular flexibility index (Phi) is 3.75. The molecule has 7 nitrogen and oxygen atoms in total. The van der Waals surface area contributed by atoms with Gasteiger partial charge in [-0.3, -0.25) is 0 Å². The first kappa shape index (κ1) is 11.9. The number of carbonyl (C=O) groups is 1. The molecule has 0 bridgehead atoms. The summed E-state index contributed by atoms with van der Waals surface area (Å²) in [6.07, 6.45) is 1.77. The third-order valence-corrected chi connectivity index (χ3v) is 2.19. The van der Waals surface area contributed by atoms with Gasteiger partial charge in [-0.25, -0.2) is 4.79 Å². The summed E-state index contributed by atoms with van der Waals surface area (Å²) in [6, 6.07) is 6.65. The van der Waals surface area contributed by atoms with Crippen molar-refractivity contribution in [1.29, 1.82) is 0 Å². The van der Waals surface area contributed by atoms with Crippen LogP contribution in [0.1, 0.15) is 5.82 Å². The first-order valence-electron chi connectivity index (χ1n) is 5.39. The van der Waals surface area contributed by atoms with Gasteiger partial charge in [0.2, 0.25) is 6.39 Å². The van der Waals surface area contributed by atoms with Gasteiger partial charge in [-0.1, -0.05) is 11.2 Å². The van der Waals surface area contributed by atoms with E-state index in [1.165, 1.54) is 6.39 Å². The van der Waals surface area contributed by atoms with Crippen LogP contribution in [-0.2, 0) is 6.42 Å². The third-order valence-electron chi connectivity index (χ3n) is 2.19. The van der Waals surface area contributed by atoms with Crippen molar-refractivity contribution >= 4 is 17.4 Å². The van der Waals surface area contributed by atoms with Crippen molar-refractivity contribution in [2.24, 2.45) is 0 Å². The van der Waals surface area contributed by atoms with Gasteiger partial charge in [-0.2, -0.15) is 4.98 Å². The Labute approximate surface area is 103 Å². The van der Waals surface area contributed by atoms with E-state index in [4.69, 9.17) is 5.73 Å². The standard InChI is InChI=1S/C11H13N5O2/c12-8-2-1-3-9(6-8)15-11(17)13-5-4-10-14-7-18-16-10/h1-3,6-7H,4-5,12H2,(H2,13,15,17). The number of hydrogen-bond acceptors (Lipinski definition) is 5. The van der Waals surface area contributed by atoms with Crippen LogP contribution in [0.15, 0.2) is 35.2 Å². The molecule has 0 atom stereocenters. The molecule has 1 aromatic carbocycles. The molecule has 18 heavy (non-hydrogen) atoms. The summed E-state index contributed by atoms with van der Waals surface area (Å²) in [5, 5.41) is 8.98. The van der Waals surface area contributed by atoms with E-state index in [1.807, 2.05) is 0 Å². The molecule has 2 rings (SSSR count). The van der Waals surface area contributed by atoms with Gasteiger partial charge < -0.3 is 20.9 Å². The highest BCUT2D eigenvalue weighted by molar-refractivity contribution is 5.89. The Morgan fingerprint density at radius 2 is 2.33 bits per heavy atom. The van der Waals surface area contributed by atoms with Crippen molar-refractivity contribution in [3.05, 3.63) is 36.5 Å². The van der Waals surface area contributed by atoms with E-state index in [1.54, 1.807) is 24.3 Å². The molecule has 0 saturated heterocycles. The van der Waals surface area contributed by atoms with E-state index < -0.39 is 0 Å². The maximum absolute atomic E-state index is 11.5. The number of nitrogen functional groups attached to an aromatic ring is 1. The van der Waals surface area contributed by atoms with E-state index in [2.05, 4.69) is 25.3 Å². The van der Waals surface area contributed by atoms with E-state index in [9.17, 15) is 4.79 Å². The van der Waals surface area contributed by atoms with Crippen molar-refractivity contribution in [3.63, 3.8) is 0 Å². The molecule has 0 aliphatic carbocycles. The van der Waals surface area contributed by atoms with Crippen molar-refractivity contribution in [1.82, 2.24) is 15.5 Å². The average molecular weight is 247 g/mol. The number of rotatable bonds is 4. The van der Waals surface area contributed by atoms with Crippen LogP contribution in [0.25, 0.3) is 0 Å². The Balaban J connectivity index is 1.75. The van der Waals surface area contributed by atoms with Crippen LogP contribution in [0.5, 0.6) is 0 Å². The summed E-state index contributed by atoms with van der Waals surface area (Å²) >= 11 is 0. The molecule has 1 aromatic heterocycles. The van der Waals surface area contributed by atoms with Gasteiger partial charge in [0, 0.05) is 24.3 Å². The van der Waals surface area contributed by atoms with Crippen molar-refractivity contribution in [3.8, 4) is 0 Å². The first-order valence-corrected chi connectivity index (χ1v) is 5.39. The van der Waals surface area contributed by atoms with Crippen LogP contribution in [-0.4, -0.2) is 22.7 Å². The Morgan fingerprint density at radius 1 is 1.44 bits per heavy atom. The fraction of sp³-hybridized carbons (Fsp3) is 0.182. The van der Waals surface area contributed by atoms with Crippen LogP contribution < -0.4 is 16.4 Å². The number of urea groups is 1. The molecule has 0 fully saturated rings. The van der Waals surface area contributed by atoms with Gasteiger partial charge in [0.25, 0.3) is 0 Å². The van der Waals surface area contributed by atoms with Crippen LogP contribution in [0.4, 0.5) is 16.2 Å². The second-order valence-corrected chi connectivity index (χ2v) is 3.60. The molecule has 7 heteroatoms. The minimum atomic E-state index is -0.302. The fourth-order valence-corrected chi connectivity index (χ4v) is 1.38. The van der Waals surface area contributed by atoms with Crippen molar-refractivity contribution in [2.75, 3.05) is 17.6 Å². The largest absolute Gasteiger partial charge is 0.399 e. The molecule has 0 saturated carbocycles. The van der Waals surface area contributed by atoms with Crippen molar-refractivity contribution < 1.29 is 9.32 Å². The predicted molar refractivity (Wildman–Crippen MR) is 65.9 cm³/mol. The second-order valence-electron chi connectivity index (χ2n) is 3.60. The zero-order valence-electron chi connectivity index (χ0n) is 9.59. The molecule has 0 aliphatic rings. The summed E-state index contributed by atoms with van der Waals surface area (Å²) in [4.78, 5) is 15.4. The maximum Gasteiger partial charge on any atom is 0.319 e. The molecule has 0 unspecified atom stereocenters. The number of nitrogens with zero attached hydrogens (tertiary/aromatic N) is 2. The number of aromatic nitrogens is 2. The average Bonchev–Trinajstić information content (AvgIpc) is 2.82. The molecule has 2 amide bonds. The lowest BCUT2D eigenvalue weighted by molar-refractivity contribution is 0.252. The van der Waals surface area contributed by atoms with Crippen molar-refractivity contribution in [2.45, 2.75) is 6.42 Å². The van der Waals surface area contributed by atoms with E-state index in [-0.39, 0.29) is 6.03 Å². The van der Waals surface area contributed by atoms with Gasteiger partial charge in [-0.15, -0.1) is 0 Å². The topological polar surface area (TPSA) is 106 Å². The number of nitrogens with one attached hydrogen (secondary N) is 2. The molecule has 94 valence electrons. The van der Waals surface area contributed by atoms with E-state index in [0.717, 1.165) is 0 Å². The smallest absolute Gasteiger partial charge is 0.319 e. The van der Waals surface area contributed by atoms with Crippen LogP contribution in [0.3, 0.4) is 0 Å². The summed E-state index contributed by atoms with van der Waals surface area (Å²) in [7, 11) is 0.